The molecule has 0 fully saturated rings. The van der Waals surface area contributed by atoms with Gasteiger partial charge in [-0.25, -0.2) is 12.8 Å². The maximum atomic E-state index is 13.3. The molecule has 9 nitrogen and oxygen atoms in total. The van der Waals surface area contributed by atoms with Crippen molar-refractivity contribution in [2.45, 2.75) is 18.4 Å². The van der Waals surface area contributed by atoms with Crippen molar-refractivity contribution in [2.24, 2.45) is 0 Å². The average Bonchev–Trinajstić information content (AvgIpc) is 3.28. The zero-order chi connectivity index (χ0) is 24.8. The number of rotatable bonds is 8. The molecule has 0 bridgehead atoms. The minimum Gasteiger partial charge on any atom is -0.347 e. The lowest BCUT2D eigenvalue weighted by molar-refractivity contribution is -0.116. The molecule has 35 heavy (non-hydrogen) atoms. The Balaban J connectivity index is 1.57. The van der Waals surface area contributed by atoms with Gasteiger partial charge in [0.25, 0.3) is 15.9 Å². The maximum absolute atomic E-state index is 13.3. The van der Waals surface area contributed by atoms with Crippen molar-refractivity contribution in [2.75, 3.05) is 4.72 Å². The number of carbonyl (C=O) groups is 1. The second kappa shape index (κ2) is 10.3. The standard InChI is InChI=1S/C24H21FN6O3S/c1-17-27-29-30-31(17)23(15-18-11-13-20(25)14-12-18)24(32)26-16-19-7-5-6-10-22(19)28-35(33,34)21-8-3-2-4-9-21/h2-15,28H,16H2,1H3,(H,26,32)/b23-15-. The number of halogens is 1. The quantitative estimate of drug-likeness (QED) is 0.365. The molecular formula is C24H21FN6O3S. The smallest absolute Gasteiger partial charge is 0.270 e. The molecule has 4 aromatic rings. The van der Waals surface area contributed by atoms with Crippen LogP contribution in [0.5, 0.6) is 0 Å². The lowest BCUT2D eigenvalue weighted by Crippen LogP contribution is -2.27. The van der Waals surface area contributed by atoms with Gasteiger partial charge in [0.15, 0.2) is 5.82 Å². The Bertz CT molecular complexity index is 1470. The molecule has 1 heterocycles. The van der Waals surface area contributed by atoms with Gasteiger partial charge in [0.05, 0.1) is 10.6 Å². The fraction of sp³-hybridized carbons (Fsp3) is 0.0833. The lowest BCUT2D eigenvalue weighted by atomic mass is 10.1. The summed E-state index contributed by atoms with van der Waals surface area (Å²) in [4.78, 5) is 13.3. The van der Waals surface area contributed by atoms with Crippen LogP contribution in [0, 0.1) is 12.7 Å². The van der Waals surface area contributed by atoms with E-state index in [-0.39, 0.29) is 17.1 Å². The topological polar surface area (TPSA) is 119 Å². The first-order chi connectivity index (χ1) is 16.8. The van der Waals surface area contributed by atoms with E-state index < -0.39 is 21.7 Å². The van der Waals surface area contributed by atoms with Gasteiger partial charge in [-0.05, 0) is 64.9 Å². The molecule has 1 amide bonds. The normalized spacial score (nSPS) is 11.8. The van der Waals surface area contributed by atoms with Gasteiger partial charge in [0.1, 0.15) is 11.5 Å². The van der Waals surface area contributed by atoms with Crippen LogP contribution in [0.4, 0.5) is 10.1 Å². The molecule has 0 aliphatic carbocycles. The number of sulfonamides is 1. The zero-order valence-electron chi connectivity index (χ0n) is 18.6. The van der Waals surface area contributed by atoms with E-state index >= 15 is 0 Å². The number of hydrogen-bond donors (Lipinski definition) is 2. The fourth-order valence-corrected chi connectivity index (χ4v) is 4.36. The number of hydrogen-bond acceptors (Lipinski definition) is 6. The van der Waals surface area contributed by atoms with Crippen LogP contribution in [0.1, 0.15) is 17.0 Å². The lowest BCUT2D eigenvalue weighted by Gasteiger charge is -2.14. The summed E-state index contributed by atoms with van der Waals surface area (Å²) in [6, 6.07) is 20.3. The van der Waals surface area contributed by atoms with E-state index in [1.807, 2.05) is 0 Å². The van der Waals surface area contributed by atoms with E-state index in [9.17, 15) is 17.6 Å². The number of tetrazole rings is 1. The van der Waals surface area contributed by atoms with Crippen molar-refractivity contribution in [3.8, 4) is 0 Å². The second-order valence-electron chi connectivity index (χ2n) is 7.48. The van der Waals surface area contributed by atoms with Crippen LogP contribution in [0.15, 0.2) is 83.8 Å². The SMILES string of the molecule is Cc1nnnn1/C(=C\c1ccc(F)cc1)C(=O)NCc1ccccc1NS(=O)(=O)c1ccccc1. The predicted octanol–water partition coefficient (Wildman–Crippen LogP) is 3.24. The van der Waals surface area contributed by atoms with Gasteiger partial charge in [0.2, 0.25) is 0 Å². The Labute approximate surface area is 201 Å². The third kappa shape index (κ3) is 5.76. The number of benzene rings is 3. The van der Waals surface area contributed by atoms with Crippen LogP contribution in [0.3, 0.4) is 0 Å². The van der Waals surface area contributed by atoms with Gasteiger partial charge in [-0.2, -0.15) is 4.68 Å². The summed E-state index contributed by atoms with van der Waals surface area (Å²) in [6.07, 6.45) is 1.53. The maximum Gasteiger partial charge on any atom is 0.270 e. The molecule has 0 saturated carbocycles. The van der Waals surface area contributed by atoms with E-state index in [1.54, 1.807) is 49.4 Å². The Hall–Kier alpha value is -4.38. The third-order valence-electron chi connectivity index (χ3n) is 5.01. The number of nitrogens with zero attached hydrogens (tertiary/aromatic N) is 4. The molecule has 0 aliphatic rings. The molecule has 11 heteroatoms. The van der Waals surface area contributed by atoms with Gasteiger partial charge in [-0.1, -0.05) is 48.5 Å². The van der Waals surface area contributed by atoms with E-state index in [2.05, 4.69) is 25.6 Å². The molecular weight excluding hydrogens is 471 g/mol. The molecule has 0 unspecified atom stereocenters. The number of carbonyl (C=O) groups excluding carboxylic acids is 1. The molecule has 0 atom stereocenters. The highest BCUT2D eigenvalue weighted by Gasteiger charge is 2.18. The van der Waals surface area contributed by atoms with Crippen molar-refractivity contribution in [3.63, 3.8) is 0 Å². The number of amides is 1. The molecule has 1 aromatic heterocycles. The second-order valence-corrected chi connectivity index (χ2v) is 9.16. The molecule has 178 valence electrons. The number of aromatic nitrogens is 4. The van der Waals surface area contributed by atoms with E-state index in [0.717, 1.165) is 0 Å². The fourth-order valence-electron chi connectivity index (χ4n) is 3.24. The molecule has 0 radical (unpaired) electrons. The van der Waals surface area contributed by atoms with Gasteiger partial charge >= 0.3 is 0 Å². The summed E-state index contributed by atoms with van der Waals surface area (Å²) in [7, 11) is -3.81. The zero-order valence-corrected chi connectivity index (χ0v) is 19.4. The molecule has 0 spiro atoms. The van der Waals surface area contributed by atoms with Crippen LogP contribution < -0.4 is 10.0 Å². The third-order valence-corrected chi connectivity index (χ3v) is 6.40. The van der Waals surface area contributed by atoms with Crippen LogP contribution in [0.25, 0.3) is 11.8 Å². The van der Waals surface area contributed by atoms with Crippen molar-refractivity contribution in [1.29, 1.82) is 0 Å². The molecule has 4 rings (SSSR count). The van der Waals surface area contributed by atoms with Gasteiger partial charge < -0.3 is 5.32 Å². The molecule has 3 aromatic carbocycles. The number of nitrogens with one attached hydrogen (secondary N) is 2. The average molecular weight is 493 g/mol. The minimum atomic E-state index is -3.81. The van der Waals surface area contributed by atoms with E-state index in [0.29, 0.717) is 22.6 Å². The Morgan fingerprint density at radius 3 is 2.37 bits per heavy atom. The van der Waals surface area contributed by atoms with Crippen LogP contribution in [-0.2, 0) is 21.4 Å². The van der Waals surface area contributed by atoms with E-state index in [1.165, 1.54) is 47.2 Å². The first kappa shape index (κ1) is 23.8. The largest absolute Gasteiger partial charge is 0.347 e. The van der Waals surface area contributed by atoms with Crippen LogP contribution >= 0.6 is 0 Å². The van der Waals surface area contributed by atoms with Crippen molar-refractivity contribution in [3.05, 3.63) is 102 Å². The summed E-state index contributed by atoms with van der Waals surface area (Å²) in [5.41, 5.74) is 1.57. The van der Waals surface area contributed by atoms with Crippen LogP contribution in [-0.4, -0.2) is 34.5 Å². The number of anilines is 1. The summed E-state index contributed by atoms with van der Waals surface area (Å²) in [6.45, 7) is 1.66. The summed E-state index contributed by atoms with van der Waals surface area (Å²) >= 11 is 0. The highest BCUT2D eigenvalue weighted by molar-refractivity contribution is 7.92. The van der Waals surface area contributed by atoms with Crippen LogP contribution in [0.2, 0.25) is 0 Å². The summed E-state index contributed by atoms with van der Waals surface area (Å²) in [5.74, 6) is -0.531. The first-order valence-corrected chi connectivity index (χ1v) is 12.0. The molecule has 0 aliphatic heterocycles. The molecule has 0 saturated heterocycles. The highest BCUT2D eigenvalue weighted by atomic mass is 32.2. The van der Waals surface area contributed by atoms with Crippen molar-refractivity contribution < 1.29 is 17.6 Å². The minimum absolute atomic E-state index is 0.0221. The summed E-state index contributed by atoms with van der Waals surface area (Å²) in [5, 5.41) is 14.1. The first-order valence-electron chi connectivity index (χ1n) is 10.5. The number of aryl methyl sites for hydroxylation is 1. The van der Waals surface area contributed by atoms with Gasteiger partial charge in [0, 0.05) is 6.54 Å². The molecule has 2 N–H and O–H groups in total. The van der Waals surface area contributed by atoms with Crippen molar-refractivity contribution in [1.82, 2.24) is 25.5 Å². The number of para-hydroxylation sites is 1. The van der Waals surface area contributed by atoms with Crippen molar-refractivity contribution >= 4 is 33.4 Å². The highest BCUT2D eigenvalue weighted by Crippen LogP contribution is 2.20. The summed E-state index contributed by atoms with van der Waals surface area (Å²) < 4.78 is 42.7. The predicted molar refractivity (Wildman–Crippen MR) is 129 cm³/mol. The van der Waals surface area contributed by atoms with E-state index in [4.69, 9.17) is 0 Å². The van der Waals surface area contributed by atoms with Gasteiger partial charge in [-0.3, -0.25) is 9.52 Å². The Morgan fingerprint density at radius 1 is 1.00 bits per heavy atom. The van der Waals surface area contributed by atoms with Gasteiger partial charge in [-0.15, -0.1) is 5.10 Å². The Morgan fingerprint density at radius 2 is 1.69 bits per heavy atom. The Kier molecular flexibility index (Phi) is 6.97. The monoisotopic (exact) mass is 492 g/mol.